The Kier molecular flexibility index (Phi) is 7.09. The first-order chi connectivity index (χ1) is 31.7. The second-order valence-corrected chi connectivity index (χ2v) is 17.9. The first-order valence-corrected chi connectivity index (χ1v) is 19.5. The van der Waals surface area contributed by atoms with E-state index in [9.17, 15) is 5.11 Å². The molecule has 4 nitrogen and oxygen atoms in total. The molecule has 6 aromatic carbocycles. The maximum absolute atomic E-state index is 12.5. The summed E-state index contributed by atoms with van der Waals surface area (Å²) in [5.41, 5.74) is 7.25. The maximum atomic E-state index is 12.5. The second-order valence-electron chi connectivity index (χ2n) is 17.9. The van der Waals surface area contributed by atoms with Crippen molar-refractivity contribution in [1.29, 1.82) is 0 Å². The minimum absolute atomic E-state index is 0.0273. The van der Waals surface area contributed by atoms with E-state index in [1.165, 1.54) is 0 Å². The molecular formula is C54H53N3O. The van der Waals surface area contributed by atoms with Crippen LogP contribution in [0.5, 0.6) is 5.75 Å². The Labute approximate surface area is 358 Å². The van der Waals surface area contributed by atoms with E-state index in [0.717, 1.165) is 33.4 Å². The van der Waals surface area contributed by atoms with Crippen LogP contribution < -0.4 is 0 Å². The fourth-order valence-electron chi connectivity index (χ4n) is 7.33. The van der Waals surface area contributed by atoms with Gasteiger partial charge in [0.2, 0.25) is 0 Å². The molecular weight excluding hydrogens is 707 g/mol. The number of fused-ring (bicyclic) bond motifs is 1. The van der Waals surface area contributed by atoms with Gasteiger partial charge in [-0.1, -0.05) is 165 Å². The number of aromatic hydroxyl groups is 1. The van der Waals surface area contributed by atoms with Crippen LogP contribution in [-0.2, 0) is 16.2 Å². The van der Waals surface area contributed by atoms with E-state index in [4.69, 9.17) is 23.7 Å². The zero-order valence-electron chi connectivity index (χ0n) is 44.4. The second kappa shape index (κ2) is 14.6. The quantitative estimate of drug-likeness (QED) is 0.183. The fraction of sp³-hybridized carbons (Fsp3) is 0.222. The molecule has 0 aliphatic heterocycles. The van der Waals surface area contributed by atoms with Gasteiger partial charge in [-0.2, -0.15) is 0 Å². The van der Waals surface area contributed by atoms with Gasteiger partial charge in [-0.3, -0.25) is 9.55 Å². The van der Waals surface area contributed by atoms with E-state index >= 15 is 0 Å². The highest BCUT2D eigenvalue weighted by atomic mass is 16.3. The monoisotopic (exact) mass is 769 g/mol. The Hall–Kier alpha value is -6.26. The van der Waals surface area contributed by atoms with E-state index in [-0.39, 0.29) is 51.9 Å². The number of benzene rings is 6. The number of rotatable bonds is 6. The van der Waals surface area contributed by atoms with Gasteiger partial charge in [0, 0.05) is 28.5 Å². The largest absolute Gasteiger partial charge is 0.507 e. The van der Waals surface area contributed by atoms with Crippen LogP contribution in [0.25, 0.3) is 72.7 Å². The molecule has 2 aromatic heterocycles. The third-order valence-corrected chi connectivity index (χ3v) is 10.6. The molecule has 0 aliphatic rings. The van der Waals surface area contributed by atoms with Crippen LogP contribution in [0.3, 0.4) is 0 Å². The summed E-state index contributed by atoms with van der Waals surface area (Å²) in [5, 5.41) is 12.5. The van der Waals surface area contributed by atoms with Crippen molar-refractivity contribution in [2.24, 2.45) is 0 Å². The predicted molar refractivity (Wildman–Crippen MR) is 244 cm³/mol. The molecule has 2 heterocycles. The first-order valence-electron chi connectivity index (χ1n) is 24.5. The van der Waals surface area contributed by atoms with Crippen LogP contribution >= 0.6 is 0 Å². The molecule has 8 rings (SSSR count). The summed E-state index contributed by atoms with van der Waals surface area (Å²) in [6.07, 6.45) is 1.57. The van der Waals surface area contributed by atoms with Crippen molar-refractivity contribution >= 4 is 11.0 Å². The number of hydrogen-bond donors (Lipinski definition) is 1. The molecule has 8 aromatic rings. The van der Waals surface area contributed by atoms with Gasteiger partial charge in [-0.25, -0.2) is 4.98 Å². The van der Waals surface area contributed by atoms with Crippen LogP contribution in [0.1, 0.15) is 92.7 Å². The molecule has 58 heavy (non-hydrogen) atoms. The zero-order valence-corrected chi connectivity index (χ0v) is 34.4. The Balaban J connectivity index is 1.47. The van der Waals surface area contributed by atoms with E-state index in [2.05, 4.69) is 47.6 Å². The summed E-state index contributed by atoms with van der Waals surface area (Å²) in [6, 6.07) is 22.4. The van der Waals surface area contributed by atoms with Crippen molar-refractivity contribution in [3.63, 3.8) is 0 Å². The Morgan fingerprint density at radius 1 is 0.534 bits per heavy atom. The predicted octanol–water partition coefficient (Wildman–Crippen LogP) is 14.4. The Bertz CT molecular complexity index is 3320. The van der Waals surface area contributed by atoms with Gasteiger partial charge in [-0.05, 0) is 92.1 Å². The van der Waals surface area contributed by atoms with Gasteiger partial charge in [0.15, 0.2) is 0 Å². The van der Waals surface area contributed by atoms with Crippen molar-refractivity contribution < 1.29 is 18.8 Å². The third-order valence-electron chi connectivity index (χ3n) is 10.6. The molecule has 4 heteroatoms. The van der Waals surface area contributed by atoms with E-state index in [1.54, 1.807) is 30.5 Å². The number of pyridine rings is 1. The number of hydrogen-bond acceptors (Lipinski definition) is 3. The smallest absolute Gasteiger partial charge is 0.149 e. The minimum atomic E-state index is -0.494. The van der Waals surface area contributed by atoms with E-state index in [0.29, 0.717) is 44.9 Å². The molecule has 0 unspecified atom stereocenters. The summed E-state index contributed by atoms with van der Waals surface area (Å²) in [6.45, 7) is 18.8. The average Bonchev–Trinajstić information content (AvgIpc) is 3.67. The van der Waals surface area contributed by atoms with E-state index < -0.39 is 41.7 Å². The van der Waals surface area contributed by atoms with Crippen molar-refractivity contribution in [3.05, 3.63) is 168 Å². The molecule has 0 aliphatic carbocycles. The molecule has 0 saturated heterocycles. The van der Waals surface area contributed by atoms with Gasteiger partial charge < -0.3 is 5.11 Å². The lowest BCUT2D eigenvalue weighted by molar-refractivity contribution is 0.446. The van der Waals surface area contributed by atoms with Gasteiger partial charge in [-0.15, -0.1) is 0 Å². The van der Waals surface area contributed by atoms with Crippen LogP contribution in [0.4, 0.5) is 0 Å². The highest BCUT2D eigenvalue weighted by molar-refractivity contribution is 5.98. The summed E-state index contributed by atoms with van der Waals surface area (Å²) in [4.78, 5) is 10.2. The molecule has 0 radical (unpaired) electrons. The molecule has 0 fully saturated rings. The first kappa shape index (κ1) is 28.2. The summed E-state index contributed by atoms with van der Waals surface area (Å²) in [7, 11) is 0. The van der Waals surface area contributed by atoms with Crippen LogP contribution in [-0.4, -0.2) is 19.6 Å². The summed E-state index contributed by atoms with van der Waals surface area (Å²) in [5.74, 6) is 0.424. The zero-order chi connectivity index (χ0) is 49.7. The Morgan fingerprint density at radius 2 is 1.16 bits per heavy atom. The summed E-state index contributed by atoms with van der Waals surface area (Å²) >= 11 is 0. The standard InChI is InChI=1S/C54H53N3O/c1-52(2,3)40-30-38(29-39(31-40)46-32-37(27-28-55-46)35-19-12-10-13-20-35)43-24-18-26-48-49(43)56-51(44-33-41(53(4,5)6)34-45(50(44)58)54(7,8)9)57(48)47-25-17-16-23-42(47)36-21-14-11-15-22-36/h10-34,58H,1-9H3/i10D,11D,12D,13D,14D,15D,19D,20D,21D,22D. The molecule has 0 bridgehead atoms. The van der Waals surface area contributed by atoms with Crippen molar-refractivity contribution in [1.82, 2.24) is 14.5 Å². The van der Waals surface area contributed by atoms with E-state index in [1.807, 2.05) is 79.9 Å². The normalized spacial score (nSPS) is 14.7. The van der Waals surface area contributed by atoms with Gasteiger partial charge in [0.05, 0.1) is 41.7 Å². The van der Waals surface area contributed by atoms with Crippen LogP contribution in [0.2, 0.25) is 0 Å². The third kappa shape index (κ3) is 7.36. The molecule has 290 valence electrons. The molecule has 0 amide bonds. The van der Waals surface area contributed by atoms with Crippen molar-refractivity contribution in [2.45, 2.75) is 78.6 Å². The maximum Gasteiger partial charge on any atom is 0.149 e. The molecule has 0 spiro atoms. The number of para-hydroxylation sites is 2. The van der Waals surface area contributed by atoms with Crippen molar-refractivity contribution in [3.8, 4) is 67.5 Å². The minimum Gasteiger partial charge on any atom is -0.507 e. The highest BCUT2D eigenvalue weighted by Crippen LogP contribution is 2.45. The average molecular weight is 770 g/mol. The number of aromatic nitrogens is 3. The molecule has 1 N–H and O–H groups in total. The van der Waals surface area contributed by atoms with Gasteiger partial charge >= 0.3 is 0 Å². The highest BCUT2D eigenvalue weighted by Gasteiger charge is 2.29. The Morgan fingerprint density at radius 3 is 1.83 bits per heavy atom. The molecule has 0 atom stereocenters. The summed E-state index contributed by atoms with van der Waals surface area (Å²) < 4.78 is 87.6. The van der Waals surface area contributed by atoms with Gasteiger partial charge in [0.1, 0.15) is 11.6 Å². The number of phenols is 1. The topological polar surface area (TPSA) is 50.9 Å². The molecule has 0 saturated carbocycles. The number of nitrogens with zero attached hydrogens (tertiary/aromatic N) is 3. The van der Waals surface area contributed by atoms with Gasteiger partial charge in [0.25, 0.3) is 0 Å². The lowest BCUT2D eigenvalue weighted by Gasteiger charge is -2.27. The number of phenolic OH excluding ortho intramolecular Hbond substituents is 1. The number of imidazole rings is 1. The van der Waals surface area contributed by atoms with Crippen LogP contribution in [0, 0.1) is 0 Å². The SMILES string of the molecule is [2H]c1c([2H])c([2H])c(-c2ccnc(-c3cc(-c4cccc5c4nc(-c4cc(C(C)(C)C)cc(C(C)(C)C)c4O)n5-c4ccccc4-c4c([2H])c([2H])c([2H])c([2H])c4[2H])cc(C(C)(C)C)c3)c2)c([2H])c1[2H]. The fourth-order valence-corrected chi connectivity index (χ4v) is 7.33. The van der Waals surface area contributed by atoms with Crippen LogP contribution in [0.15, 0.2) is 152 Å². The lowest BCUT2D eigenvalue weighted by atomic mass is 9.79. The van der Waals surface area contributed by atoms with Crippen molar-refractivity contribution in [2.75, 3.05) is 0 Å². The lowest BCUT2D eigenvalue weighted by Crippen LogP contribution is -2.17.